The number of nitrogens with zero attached hydrogens (tertiary/aromatic N) is 1. The van der Waals surface area contributed by atoms with Crippen molar-refractivity contribution in [3.63, 3.8) is 0 Å². The maximum Gasteiger partial charge on any atom is 0.238 e. The largest absolute Gasteiger partial charge is 0.384 e. The van der Waals surface area contributed by atoms with E-state index < -0.39 is 27.8 Å². The molecule has 0 radical (unpaired) electrons. The number of rotatable bonds is 9. The monoisotopic (exact) mass is 394 g/mol. The first-order chi connectivity index (χ1) is 12.8. The van der Waals surface area contributed by atoms with E-state index in [-0.39, 0.29) is 18.7 Å². The zero-order chi connectivity index (χ0) is 19.9. The fourth-order valence-electron chi connectivity index (χ4n) is 2.44. The number of amides is 1. The van der Waals surface area contributed by atoms with Crippen LogP contribution in [0.5, 0.6) is 0 Å². The van der Waals surface area contributed by atoms with Crippen molar-refractivity contribution in [1.82, 2.24) is 15.0 Å². The summed E-state index contributed by atoms with van der Waals surface area (Å²) in [6, 6.07) is 7.91. The molecule has 9 heteroatoms. The molecule has 0 spiro atoms. The van der Waals surface area contributed by atoms with E-state index in [0.717, 1.165) is 5.56 Å². The minimum Gasteiger partial charge on any atom is -0.384 e. The van der Waals surface area contributed by atoms with E-state index in [4.69, 9.17) is 5.73 Å². The molecule has 2 rings (SSSR count). The SMILES string of the molecule is CCCS(=O)(=O)NC(Cc1ccc(F)cc1)C(=O)NCc1ccc(N)nc1. The summed E-state index contributed by atoms with van der Waals surface area (Å²) in [4.78, 5) is 16.5. The number of hydrogen-bond acceptors (Lipinski definition) is 5. The van der Waals surface area contributed by atoms with Gasteiger partial charge in [-0.2, -0.15) is 0 Å². The minimum atomic E-state index is -3.61. The Kier molecular flexibility index (Phi) is 7.26. The van der Waals surface area contributed by atoms with Crippen LogP contribution in [0.15, 0.2) is 42.6 Å². The van der Waals surface area contributed by atoms with E-state index in [1.807, 2.05) is 0 Å². The molecule has 7 nitrogen and oxygen atoms in total. The molecule has 2 aromatic rings. The molecule has 1 aromatic heterocycles. The fourth-order valence-corrected chi connectivity index (χ4v) is 3.72. The summed E-state index contributed by atoms with van der Waals surface area (Å²) >= 11 is 0. The van der Waals surface area contributed by atoms with Crippen molar-refractivity contribution in [1.29, 1.82) is 0 Å². The number of nitrogen functional groups attached to an aromatic ring is 1. The first kappa shape index (κ1) is 20.8. The summed E-state index contributed by atoms with van der Waals surface area (Å²) in [6.45, 7) is 1.92. The topological polar surface area (TPSA) is 114 Å². The van der Waals surface area contributed by atoms with Crippen molar-refractivity contribution in [3.05, 3.63) is 59.5 Å². The average molecular weight is 394 g/mol. The van der Waals surface area contributed by atoms with Gasteiger partial charge in [0.1, 0.15) is 17.7 Å². The van der Waals surface area contributed by atoms with Crippen LogP contribution in [0.4, 0.5) is 10.2 Å². The average Bonchev–Trinajstić information content (AvgIpc) is 2.62. The number of carbonyl (C=O) groups excluding carboxylic acids is 1. The predicted octanol–water partition coefficient (Wildman–Crippen LogP) is 1.36. The van der Waals surface area contributed by atoms with Crippen LogP contribution in [0.2, 0.25) is 0 Å². The number of aromatic nitrogens is 1. The maximum absolute atomic E-state index is 13.1. The van der Waals surface area contributed by atoms with Gasteiger partial charge in [0.05, 0.1) is 5.75 Å². The van der Waals surface area contributed by atoms with Crippen molar-refractivity contribution in [3.8, 4) is 0 Å². The number of sulfonamides is 1. The van der Waals surface area contributed by atoms with Crippen LogP contribution in [0.25, 0.3) is 0 Å². The normalized spacial score (nSPS) is 12.5. The highest BCUT2D eigenvalue weighted by Gasteiger charge is 2.24. The van der Waals surface area contributed by atoms with Crippen LogP contribution in [0.3, 0.4) is 0 Å². The first-order valence-corrected chi connectivity index (χ1v) is 10.2. The van der Waals surface area contributed by atoms with Gasteiger partial charge in [-0.25, -0.2) is 22.5 Å². The quantitative estimate of drug-likeness (QED) is 0.594. The Labute approximate surface area is 158 Å². The van der Waals surface area contributed by atoms with Crippen LogP contribution in [-0.2, 0) is 27.8 Å². The minimum absolute atomic E-state index is 0.0813. The zero-order valence-electron chi connectivity index (χ0n) is 15.0. The Bertz CT molecular complexity index is 855. The molecule has 0 aliphatic rings. The molecule has 1 atom stereocenters. The molecular formula is C18H23FN4O3S. The highest BCUT2D eigenvalue weighted by atomic mass is 32.2. The Morgan fingerprint density at radius 2 is 1.85 bits per heavy atom. The molecule has 0 bridgehead atoms. The Hall–Kier alpha value is -2.52. The van der Waals surface area contributed by atoms with Crippen molar-refractivity contribution in [2.45, 2.75) is 32.4 Å². The third-order valence-electron chi connectivity index (χ3n) is 3.78. The highest BCUT2D eigenvalue weighted by molar-refractivity contribution is 7.89. The van der Waals surface area contributed by atoms with Gasteiger partial charge in [0.2, 0.25) is 15.9 Å². The molecule has 146 valence electrons. The second-order valence-corrected chi connectivity index (χ2v) is 8.00. The van der Waals surface area contributed by atoms with Gasteiger partial charge < -0.3 is 11.1 Å². The molecule has 0 saturated carbocycles. The standard InChI is InChI=1S/C18H23FN4O3S/c1-2-9-27(25,26)23-16(10-13-3-6-15(19)7-4-13)18(24)22-12-14-5-8-17(20)21-11-14/h3-8,11,16,23H,2,9-10,12H2,1H3,(H2,20,21)(H,22,24). The van der Waals surface area contributed by atoms with Crippen molar-refractivity contribution < 1.29 is 17.6 Å². The van der Waals surface area contributed by atoms with Gasteiger partial charge in [-0.05, 0) is 42.2 Å². The number of pyridine rings is 1. The molecule has 1 unspecified atom stereocenters. The van der Waals surface area contributed by atoms with E-state index in [9.17, 15) is 17.6 Å². The number of nitrogens with two attached hydrogens (primary N) is 1. The summed E-state index contributed by atoms with van der Waals surface area (Å²) in [6.07, 6.45) is 2.07. The summed E-state index contributed by atoms with van der Waals surface area (Å²) < 4.78 is 39.8. The van der Waals surface area contributed by atoms with Crippen molar-refractivity contribution >= 4 is 21.7 Å². The van der Waals surface area contributed by atoms with E-state index in [2.05, 4.69) is 15.0 Å². The van der Waals surface area contributed by atoms with E-state index in [1.165, 1.54) is 30.5 Å². The summed E-state index contributed by atoms with van der Waals surface area (Å²) in [7, 11) is -3.61. The lowest BCUT2D eigenvalue weighted by Crippen LogP contribution is -2.48. The number of benzene rings is 1. The molecule has 0 aliphatic carbocycles. The van der Waals surface area contributed by atoms with Gasteiger partial charge in [-0.15, -0.1) is 0 Å². The van der Waals surface area contributed by atoms with Crippen LogP contribution < -0.4 is 15.8 Å². The summed E-state index contributed by atoms with van der Waals surface area (Å²) in [5.74, 6) is -0.591. The van der Waals surface area contributed by atoms with Crippen LogP contribution in [0.1, 0.15) is 24.5 Å². The van der Waals surface area contributed by atoms with Crippen LogP contribution in [0, 0.1) is 5.82 Å². The van der Waals surface area contributed by atoms with Gasteiger partial charge in [0.15, 0.2) is 0 Å². The lowest BCUT2D eigenvalue weighted by atomic mass is 10.1. The second-order valence-electron chi connectivity index (χ2n) is 6.13. The third kappa shape index (κ3) is 6.95. The van der Waals surface area contributed by atoms with Gasteiger partial charge in [-0.1, -0.05) is 25.1 Å². The second kappa shape index (κ2) is 9.43. The summed E-state index contributed by atoms with van der Waals surface area (Å²) in [5.41, 5.74) is 6.90. The molecule has 1 aromatic carbocycles. The van der Waals surface area contributed by atoms with Crippen LogP contribution >= 0.6 is 0 Å². The lowest BCUT2D eigenvalue weighted by Gasteiger charge is -2.18. The van der Waals surface area contributed by atoms with Crippen molar-refractivity contribution in [2.75, 3.05) is 11.5 Å². The molecule has 1 heterocycles. The molecule has 0 saturated heterocycles. The van der Waals surface area contributed by atoms with Gasteiger partial charge in [0, 0.05) is 12.7 Å². The van der Waals surface area contributed by atoms with E-state index in [0.29, 0.717) is 17.8 Å². The number of hydrogen-bond donors (Lipinski definition) is 3. The van der Waals surface area contributed by atoms with E-state index >= 15 is 0 Å². The summed E-state index contributed by atoms with van der Waals surface area (Å²) in [5, 5.41) is 2.69. The molecule has 0 aliphatic heterocycles. The molecule has 27 heavy (non-hydrogen) atoms. The van der Waals surface area contributed by atoms with Gasteiger partial charge in [0.25, 0.3) is 0 Å². The van der Waals surface area contributed by atoms with Crippen molar-refractivity contribution in [2.24, 2.45) is 0 Å². The number of halogens is 1. The maximum atomic E-state index is 13.1. The fraction of sp³-hybridized carbons (Fsp3) is 0.333. The Morgan fingerprint density at radius 3 is 2.44 bits per heavy atom. The smallest absolute Gasteiger partial charge is 0.238 e. The third-order valence-corrected chi connectivity index (χ3v) is 5.37. The number of carbonyl (C=O) groups is 1. The predicted molar refractivity (Wildman–Crippen MR) is 102 cm³/mol. The number of anilines is 1. The molecular weight excluding hydrogens is 371 g/mol. The van der Waals surface area contributed by atoms with Crippen LogP contribution in [-0.4, -0.2) is 31.1 Å². The molecule has 4 N–H and O–H groups in total. The Balaban J connectivity index is 2.10. The zero-order valence-corrected chi connectivity index (χ0v) is 15.8. The van der Waals surface area contributed by atoms with Gasteiger partial charge >= 0.3 is 0 Å². The van der Waals surface area contributed by atoms with E-state index in [1.54, 1.807) is 19.1 Å². The first-order valence-electron chi connectivity index (χ1n) is 8.51. The highest BCUT2D eigenvalue weighted by Crippen LogP contribution is 2.08. The Morgan fingerprint density at radius 1 is 1.19 bits per heavy atom. The van der Waals surface area contributed by atoms with Gasteiger partial charge in [-0.3, -0.25) is 4.79 Å². The number of nitrogens with one attached hydrogen (secondary N) is 2. The lowest BCUT2D eigenvalue weighted by molar-refractivity contribution is -0.122. The molecule has 0 fully saturated rings. The molecule has 1 amide bonds.